The van der Waals surface area contributed by atoms with Crippen molar-refractivity contribution in [2.75, 3.05) is 12.0 Å². The molecule has 0 amide bonds. The van der Waals surface area contributed by atoms with Crippen molar-refractivity contribution in [1.29, 1.82) is 0 Å². The number of hydrogen-bond acceptors (Lipinski definition) is 6. The quantitative estimate of drug-likeness (QED) is 0.871. The molecule has 0 aliphatic rings. The lowest BCUT2D eigenvalue weighted by Gasteiger charge is -2.17. The number of sulfone groups is 1. The summed E-state index contributed by atoms with van der Waals surface area (Å²) in [5, 5.41) is 0.477. The maximum atomic E-state index is 11.5. The molecule has 114 valence electrons. The van der Waals surface area contributed by atoms with Crippen molar-refractivity contribution in [1.82, 2.24) is 15.0 Å². The summed E-state index contributed by atoms with van der Waals surface area (Å²) in [7, 11) is -3.46. The molecule has 0 atom stereocenters. The van der Waals surface area contributed by atoms with Gasteiger partial charge in [-0.3, -0.25) is 0 Å². The molecule has 0 saturated carbocycles. The monoisotopic (exact) mass is 308 g/mol. The van der Waals surface area contributed by atoms with Gasteiger partial charge in [-0.2, -0.15) is 0 Å². The Kier molecular flexibility index (Phi) is 3.88. The van der Waals surface area contributed by atoms with E-state index in [4.69, 9.17) is 5.73 Å². The summed E-state index contributed by atoms with van der Waals surface area (Å²) in [6, 6.07) is 1.86. The summed E-state index contributed by atoms with van der Waals surface area (Å²) < 4.78 is 23.0. The van der Waals surface area contributed by atoms with Crippen molar-refractivity contribution in [2.45, 2.75) is 38.8 Å². The van der Waals surface area contributed by atoms with E-state index in [2.05, 4.69) is 35.7 Å². The Bertz CT molecular complexity index is 779. The fourth-order valence-corrected chi connectivity index (χ4v) is 2.42. The van der Waals surface area contributed by atoms with E-state index in [1.165, 1.54) is 6.20 Å². The maximum absolute atomic E-state index is 11.5. The van der Waals surface area contributed by atoms with Crippen LogP contribution in [0.15, 0.2) is 17.4 Å². The molecule has 21 heavy (non-hydrogen) atoms. The minimum absolute atomic E-state index is 0.210. The van der Waals surface area contributed by atoms with Gasteiger partial charge in [0.2, 0.25) is 15.0 Å². The van der Waals surface area contributed by atoms with Crippen molar-refractivity contribution in [3.8, 4) is 0 Å². The van der Waals surface area contributed by atoms with E-state index in [0.717, 1.165) is 24.8 Å². The van der Waals surface area contributed by atoms with Crippen molar-refractivity contribution in [3.05, 3.63) is 18.0 Å². The molecular weight excluding hydrogens is 288 g/mol. The fraction of sp³-hybridized carbons (Fsp3) is 0.500. The summed E-state index contributed by atoms with van der Waals surface area (Å²) in [6.45, 7) is 6.50. The van der Waals surface area contributed by atoms with Gasteiger partial charge in [0.1, 0.15) is 11.3 Å². The van der Waals surface area contributed by atoms with Gasteiger partial charge in [0.05, 0.1) is 0 Å². The van der Waals surface area contributed by atoms with Crippen LogP contribution in [0.5, 0.6) is 0 Å². The smallest absolute Gasteiger partial charge is 0.247 e. The first kappa shape index (κ1) is 15.6. The predicted octanol–water partition coefficient (Wildman–Crippen LogP) is 1.99. The predicted molar refractivity (Wildman–Crippen MR) is 82.6 cm³/mol. The lowest BCUT2D eigenvalue weighted by Crippen LogP contribution is -2.09. The second kappa shape index (κ2) is 5.22. The molecule has 0 radical (unpaired) electrons. The van der Waals surface area contributed by atoms with E-state index in [1.54, 1.807) is 0 Å². The molecule has 2 heterocycles. The number of aromatic nitrogens is 3. The summed E-state index contributed by atoms with van der Waals surface area (Å²) in [6.07, 6.45) is 4.33. The molecule has 0 spiro atoms. The zero-order valence-electron chi connectivity index (χ0n) is 12.7. The average Bonchev–Trinajstić information content (AvgIpc) is 2.34. The SMILES string of the molecule is CC(C)(C)CCc1cc2cnc(S(C)(=O)=O)nc2c(N)n1. The number of nitrogens with two attached hydrogens (primary N) is 1. The highest BCUT2D eigenvalue weighted by Gasteiger charge is 2.15. The number of hydrogen-bond donors (Lipinski definition) is 1. The van der Waals surface area contributed by atoms with Crippen LogP contribution in [0.3, 0.4) is 0 Å². The van der Waals surface area contributed by atoms with Crippen LogP contribution in [0.4, 0.5) is 5.82 Å². The molecule has 0 unspecified atom stereocenters. The Hall–Kier alpha value is -1.76. The van der Waals surface area contributed by atoms with Crippen LogP contribution in [-0.2, 0) is 16.3 Å². The van der Waals surface area contributed by atoms with Gasteiger partial charge in [0.15, 0.2) is 0 Å². The highest BCUT2D eigenvalue weighted by Crippen LogP contribution is 2.24. The Labute approximate surface area is 124 Å². The van der Waals surface area contributed by atoms with Crippen molar-refractivity contribution in [3.63, 3.8) is 0 Å². The molecule has 0 aliphatic heterocycles. The molecule has 0 aromatic carbocycles. The van der Waals surface area contributed by atoms with Gasteiger partial charge in [-0.25, -0.2) is 23.4 Å². The first-order chi connectivity index (χ1) is 9.56. The Balaban J connectivity index is 2.44. The summed E-state index contributed by atoms with van der Waals surface area (Å²) >= 11 is 0. The molecule has 0 bridgehead atoms. The van der Waals surface area contributed by atoms with Gasteiger partial charge in [0, 0.05) is 23.5 Å². The Morgan fingerprint density at radius 2 is 1.90 bits per heavy atom. The lowest BCUT2D eigenvalue weighted by molar-refractivity contribution is 0.376. The van der Waals surface area contributed by atoms with E-state index >= 15 is 0 Å². The van der Waals surface area contributed by atoms with Crippen LogP contribution in [0.1, 0.15) is 32.9 Å². The van der Waals surface area contributed by atoms with Crippen LogP contribution >= 0.6 is 0 Å². The minimum atomic E-state index is -3.46. The number of pyridine rings is 1. The first-order valence-corrected chi connectivity index (χ1v) is 8.58. The maximum Gasteiger partial charge on any atom is 0.247 e. The second-order valence-corrected chi connectivity index (χ2v) is 8.33. The summed E-state index contributed by atoms with van der Waals surface area (Å²) in [5.74, 6) is 0.240. The van der Waals surface area contributed by atoms with E-state index < -0.39 is 9.84 Å². The molecule has 0 fully saturated rings. The number of nitrogens with zero attached hydrogens (tertiary/aromatic N) is 3. The molecule has 2 N–H and O–H groups in total. The Morgan fingerprint density at radius 3 is 2.48 bits per heavy atom. The molecule has 2 rings (SSSR count). The van der Waals surface area contributed by atoms with Gasteiger partial charge in [-0.15, -0.1) is 0 Å². The first-order valence-electron chi connectivity index (χ1n) is 6.68. The minimum Gasteiger partial charge on any atom is -0.382 e. The fourth-order valence-electron chi connectivity index (χ4n) is 1.91. The summed E-state index contributed by atoms with van der Waals surface area (Å²) in [5.41, 5.74) is 7.37. The number of rotatable bonds is 3. The van der Waals surface area contributed by atoms with Crippen molar-refractivity contribution >= 4 is 26.6 Å². The van der Waals surface area contributed by atoms with E-state index in [1.807, 2.05) is 6.07 Å². The molecule has 7 heteroatoms. The number of fused-ring (bicyclic) bond motifs is 1. The van der Waals surface area contributed by atoms with Crippen molar-refractivity contribution in [2.24, 2.45) is 5.41 Å². The molecule has 2 aromatic heterocycles. The van der Waals surface area contributed by atoms with Crippen LogP contribution in [-0.4, -0.2) is 29.6 Å². The van der Waals surface area contributed by atoms with Crippen LogP contribution in [0, 0.1) is 5.41 Å². The lowest BCUT2D eigenvalue weighted by atomic mass is 9.89. The van der Waals surface area contributed by atoms with Gasteiger partial charge in [-0.05, 0) is 24.3 Å². The topological polar surface area (TPSA) is 98.8 Å². The number of aryl methyl sites for hydroxylation is 1. The van der Waals surface area contributed by atoms with Crippen LogP contribution < -0.4 is 5.73 Å². The van der Waals surface area contributed by atoms with Gasteiger partial charge in [-0.1, -0.05) is 20.8 Å². The zero-order chi connectivity index (χ0) is 15.8. The second-order valence-electron chi connectivity index (χ2n) is 6.42. The van der Waals surface area contributed by atoms with Crippen LogP contribution in [0.2, 0.25) is 0 Å². The highest BCUT2D eigenvalue weighted by molar-refractivity contribution is 7.90. The van der Waals surface area contributed by atoms with E-state index in [-0.39, 0.29) is 16.4 Å². The van der Waals surface area contributed by atoms with Gasteiger partial charge < -0.3 is 5.73 Å². The standard InChI is InChI=1S/C14H20N4O2S/c1-14(2,3)6-5-10-7-9-8-16-13(21(4,19)20)18-11(9)12(15)17-10/h7-8H,5-6H2,1-4H3,(H2,15,17). The molecule has 0 aliphatic carbocycles. The third kappa shape index (κ3) is 3.87. The van der Waals surface area contributed by atoms with Gasteiger partial charge in [0.25, 0.3) is 0 Å². The Morgan fingerprint density at radius 1 is 1.24 bits per heavy atom. The van der Waals surface area contributed by atoms with E-state index in [9.17, 15) is 8.42 Å². The van der Waals surface area contributed by atoms with Crippen LogP contribution in [0.25, 0.3) is 10.9 Å². The van der Waals surface area contributed by atoms with Crippen molar-refractivity contribution < 1.29 is 8.42 Å². The van der Waals surface area contributed by atoms with E-state index in [0.29, 0.717) is 10.9 Å². The molecule has 6 nitrogen and oxygen atoms in total. The molecule has 0 saturated heterocycles. The zero-order valence-corrected chi connectivity index (χ0v) is 13.5. The number of anilines is 1. The largest absolute Gasteiger partial charge is 0.382 e. The number of nitrogen functional groups attached to an aromatic ring is 1. The third-order valence-corrected chi connectivity index (χ3v) is 3.95. The van der Waals surface area contributed by atoms with Gasteiger partial charge >= 0.3 is 0 Å². The normalized spacial score (nSPS) is 12.8. The summed E-state index contributed by atoms with van der Waals surface area (Å²) in [4.78, 5) is 12.2. The average molecular weight is 308 g/mol. The third-order valence-electron chi connectivity index (χ3n) is 3.09. The molecular formula is C14H20N4O2S. The highest BCUT2D eigenvalue weighted by atomic mass is 32.2. The molecule has 2 aromatic rings.